The average Bonchev–Trinajstić information content (AvgIpc) is 2.72. The molecule has 1 heterocycles. The first-order chi connectivity index (χ1) is 11.5. The van der Waals surface area contributed by atoms with E-state index in [1.165, 1.54) is 5.01 Å². The minimum absolute atomic E-state index is 0.0714. The minimum Gasteiger partial charge on any atom is -0.289 e. The highest BCUT2D eigenvalue weighted by atomic mass is 16.2. The minimum atomic E-state index is -0.391. The summed E-state index contributed by atoms with van der Waals surface area (Å²) in [6.07, 6.45) is 3.77. The van der Waals surface area contributed by atoms with Gasteiger partial charge in [-0.15, -0.1) is 0 Å². The molecule has 2 aliphatic rings. The standard InChI is InChI=1S/C22H32N2O2/c1-13-17(19(26)24(23-13)22(8,9)10)14-11-15(20(2,3)4)18(25)16(12-14)21(5,6)7/h11-12H,1-10H3. The molecule has 1 amide bonds. The van der Waals surface area contributed by atoms with Crippen LogP contribution in [0.2, 0.25) is 0 Å². The third-order valence-electron chi connectivity index (χ3n) is 4.65. The van der Waals surface area contributed by atoms with E-state index in [1.54, 1.807) is 0 Å². The fourth-order valence-electron chi connectivity index (χ4n) is 3.18. The van der Waals surface area contributed by atoms with Crippen molar-refractivity contribution in [3.8, 4) is 0 Å². The summed E-state index contributed by atoms with van der Waals surface area (Å²) in [5.74, 6) is -0.0320. The van der Waals surface area contributed by atoms with Crippen LogP contribution in [0.25, 0.3) is 0 Å². The maximum atomic E-state index is 13.1. The number of hydrazone groups is 1. The predicted octanol–water partition coefficient (Wildman–Crippen LogP) is 4.83. The van der Waals surface area contributed by atoms with Gasteiger partial charge in [-0.25, -0.2) is 5.01 Å². The lowest BCUT2D eigenvalue weighted by Gasteiger charge is -2.32. The zero-order valence-corrected chi connectivity index (χ0v) is 17.9. The van der Waals surface area contributed by atoms with E-state index >= 15 is 0 Å². The highest BCUT2D eigenvalue weighted by Crippen LogP contribution is 2.40. The van der Waals surface area contributed by atoms with Crippen molar-refractivity contribution in [3.63, 3.8) is 0 Å². The number of hydrogen-bond acceptors (Lipinski definition) is 3. The molecule has 0 spiro atoms. The normalized spacial score (nSPS) is 19.8. The lowest BCUT2D eigenvalue weighted by molar-refractivity contribution is -0.130. The molecular weight excluding hydrogens is 324 g/mol. The zero-order chi connectivity index (χ0) is 20.2. The molecule has 0 saturated carbocycles. The number of amides is 1. The Morgan fingerprint density at radius 2 is 1.23 bits per heavy atom. The van der Waals surface area contributed by atoms with Gasteiger partial charge < -0.3 is 0 Å². The number of Topliss-reactive ketones (excluding diaryl/α,β-unsaturated/α-hetero) is 1. The summed E-state index contributed by atoms with van der Waals surface area (Å²) < 4.78 is 0. The van der Waals surface area contributed by atoms with Crippen molar-refractivity contribution in [1.82, 2.24) is 5.01 Å². The highest BCUT2D eigenvalue weighted by molar-refractivity contribution is 6.26. The van der Waals surface area contributed by atoms with Gasteiger partial charge in [-0.3, -0.25) is 9.59 Å². The molecule has 0 aromatic rings. The highest BCUT2D eigenvalue weighted by Gasteiger charge is 2.39. The zero-order valence-electron chi connectivity index (χ0n) is 17.9. The molecule has 0 radical (unpaired) electrons. The molecule has 26 heavy (non-hydrogen) atoms. The Kier molecular flexibility index (Phi) is 4.72. The van der Waals surface area contributed by atoms with Crippen LogP contribution in [0.5, 0.6) is 0 Å². The lowest BCUT2D eigenvalue weighted by Crippen LogP contribution is -2.39. The Labute approximate surface area is 157 Å². The molecule has 0 saturated heterocycles. The van der Waals surface area contributed by atoms with Crippen molar-refractivity contribution in [1.29, 1.82) is 0 Å². The van der Waals surface area contributed by atoms with Crippen LogP contribution in [0.15, 0.2) is 39.5 Å². The van der Waals surface area contributed by atoms with Gasteiger partial charge in [-0.05, 0) is 56.3 Å². The third kappa shape index (κ3) is 3.60. The van der Waals surface area contributed by atoms with Gasteiger partial charge in [0.1, 0.15) is 0 Å². The number of carbonyl (C=O) groups is 2. The molecule has 0 aromatic heterocycles. The van der Waals surface area contributed by atoms with Crippen LogP contribution in [0.4, 0.5) is 0 Å². The molecule has 0 N–H and O–H groups in total. The van der Waals surface area contributed by atoms with Crippen molar-refractivity contribution in [3.05, 3.63) is 34.4 Å². The fraction of sp³-hybridized carbons (Fsp3) is 0.591. The Morgan fingerprint density at radius 1 is 0.808 bits per heavy atom. The Hall–Kier alpha value is -1.97. The first-order valence-corrected chi connectivity index (χ1v) is 9.18. The van der Waals surface area contributed by atoms with Gasteiger partial charge in [0.25, 0.3) is 5.91 Å². The van der Waals surface area contributed by atoms with Crippen LogP contribution < -0.4 is 0 Å². The van der Waals surface area contributed by atoms with Gasteiger partial charge in [0.2, 0.25) is 0 Å². The molecule has 0 atom stereocenters. The average molecular weight is 357 g/mol. The predicted molar refractivity (Wildman–Crippen MR) is 107 cm³/mol. The molecule has 2 rings (SSSR count). The molecular formula is C22H32N2O2. The van der Waals surface area contributed by atoms with E-state index in [-0.39, 0.29) is 22.5 Å². The van der Waals surface area contributed by atoms with Crippen molar-refractivity contribution in [2.24, 2.45) is 15.9 Å². The summed E-state index contributed by atoms with van der Waals surface area (Å²) in [5.41, 5.74) is 2.56. The van der Waals surface area contributed by atoms with Gasteiger partial charge in [0.15, 0.2) is 5.78 Å². The molecule has 0 bridgehead atoms. The Balaban J connectivity index is 2.74. The van der Waals surface area contributed by atoms with E-state index in [4.69, 9.17) is 0 Å². The largest absolute Gasteiger partial charge is 0.289 e. The number of hydrogen-bond donors (Lipinski definition) is 0. The molecule has 1 aliphatic carbocycles. The number of nitrogens with zero attached hydrogens (tertiary/aromatic N) is 2. The van der Waals surface area contributed by atoms with Crippen LogP contribution >= 0.6 is 0 Å². The number of ketones is 1. The van der Waals surface area contributed by atoms with E-state index < -0.39 is 5.54 Å². The summed E-state index contributed by atoms with van der Waals surface area (Å²) >= 11 is 0. The third-order valence-corrected chi connectivity index (χ3v) is 4.65. The monoisotopic (exact) mass is 356 g/mol. The van der Waals surface area contributed by atoms with Crippen molar-refractivity contribution >= 4 is 17.4 Å². The molecule has 4 nitrogen and oxygen atoms in total. The van der Waals surface area contributed by atoms with E-state index in [0.717, 1.165) is 16.7 Å². The van der Waals surface area contributed by atoms with E-state index in [9.17, 15) is 9.59 Å². The first-order valence-electron chi connectivity index (χ1n) is 9.18. The summed E-state index contributed by atoms with van der Waals surface area (Å²) in [6.45, 7) is 19.9. The van der Waals surface area contributed by atoms with E-state index in [1.807, 2.05) is 81.4 Å². The quantitative estimate of drug-likeness (QED) is 0.584. The second kappa shape index (κ2) is 6.04. The maximum absolute atomic E-state index is 13.1. The molecule has 4 heteroatoms. The lowest BCUT2D eigenvalue weighted by atomic mass is 9.71. The molecule has 1 aliphatic heterocycles. The molecule has 0 aromatic carbocycles. The Morgan fingerprint density at radius 3 is 1.54 bits per heavy atom. The van der Waals surface area contributed by atoms with Gasteiger partial charge in [0.05, 0.1) is 16.8 Å². The summed E-state index contributed by atoms with van der Waals surface area (Å²) in [7, 11) is 0. The fourth-order valence-corrected chi connectivity index (χ4v) is 3.18. The summed E-state index contributed by atoms with van der Waals surface area (Å²) in [4.78, 5) is 26.1. The van der Waals surface area contributed by atoms with Gasteiger partial charge in [-0.2, -0.15) is 5.10 Å². The SMILES string of the molecule is CC1=NN(C(C)(C)C)C(=O)C1=C1C=C(C(C)(C)C)C(=O)C(C(C)(C)C)=C1. The Bertz CT molecular complexity index is 749. The van der Waals surface area contributed by atoms with Crippen LogP contribution in [0.3, 0.4) is 0 Å². The van der Waals surface area contributed by atoms with Gasteiger partial charge >= 0.3 is 0 Å². The number of rotatable bonds is 0. The van der Waals surface area contributed by atoms with Crippen molar-refractivity contribution in [2.45, 2.75) is 74.8 Å². The van der Waals surface area contributed by atoms with Crippen molar-refractivity contribution in [2.75, 3.05) is 0 Å². The van der Waals surface area contributed by atoms with Gasteiger partial charge in [0, 0.05) is 11.1 Å². The van der Waals surface area contributed by atoms with Crippen LogP contribution in [-0.4, -0.2) is 27.9 Å². The first kappa shape index (κ1) is 20.3. The topological polar surface area (TPSA) is 49.7 Å². The van der Waals surface area contributed by atoms with Crippen LogP contribution in [-0.2, 0) is 9.59 Å². The summed E-state index contributed by atoms with van der Waals surface area (Å²) in [5, 5.41) is 6.03. The van der Waals surface area contributed by atoms with Gasteiger partial charge in [-0.1, -0.05) is 41.5 Å². The molecule has 0 unspecified atom stereocenters. The van der Waals surface area contributed by atoms with Crippen molar-refractivity contribution < 1.29 is 9.59 Å². The summed E-state index contributed by atoms with van der Waals surface area (Å²) in [6, 6.07) is 0. The number of carbonyl (C=O) groups excluding carboxylic acids is 2. The van der Waals surface area contributed by atoms with Crippen LogP contribution in [0, 0.1) is 10.8 Å². The smallest absolute Gasteiger partial charge is 0.276 e. The molecule has 142 valence electrons. The second-order valence-corrected chi connectivity index (χ2v) is 10.2. The van der Waals surface area contributed by atoms with E-state index in [0.29, 0.717) is 11.3 Å². The maximum Gasteiger partial charge on any atom is 0.276 e. The second-order valence-electron chi connectivity index (χ2n) is 10.2. The molecule has 0 fully saturated rings. The van der Waals surface area contributed by atoms with Crippen LogP contribution in [0.1, 0.15) is 69.2 Å². The van der Waals surface area contributed by atoms with E-state index in [2.05, 4.69) is 5.10 Å². The number of allylic oxidation sites excluding steroid dienone is 5.